The van der Waals surface area contributed by atoms with Crippen LogP contribution in [0.15, 0.2) is 29.8 Å². The molecular formula is C21H20N2. The number of rotatable bonds is 0. The van der Waals surface area contributed by atoms with E-state index < -0.39 is 0 Å². The van der Waals surface area contributed by atoms with E-state index in [1.807, 2.05) is 0 Å². The molecule has 5 rings (SSSR count). The summed E-state index contributed by atoms with van der Waals surface area (Å²) in [6.07, 6.45) is 2.08. The Morgan fingerprint density at radius 2 is 1.61 bits per heavy atom. The van der Waals surface area contributed by atoms with Crippen molar-refractivity contribution in [2.24, 2.45) is 0 Å². The maximum Gasteiger partial charge on any atom is 0.118 e. The van der Waals surface area contributed by atoms with Crippen LogP contribution in [0.4, 0.5) is 0 Å². The van der Waals surface area contributed by atoms with Crippen LogP contribution in [0, 0.1) is 27.7 Å². The number of aromatic nitrogens is 2. The smallest absolute Gasteiger partial charge is 0.118 e. The molecule has 23 heavy (non-hydrogen) atoms. The average molecular weight is 300 g/mol. The Morgan fingerprint density at radius 1 is 0.870 bits per heavy atom. The highest BCUT2D eigenvalue weighted by Gasteiger charge is 2.33. The van der Waals surface area contributed by atoms with Gasteiger partial charge in [0.1, 0.15) is 5.82 Å². The normalized spacial score (nSPS) is 15.3. The second-order valence-electron chi connectivity index (χ2n) is 7.09. The summed E-state index contributed by atoms with van der Waals surface area (Å²) in [4.78, 5) is 4.92. The fourth-order valence-corrected chi connectivity index (χ4v) is 4.28. The number of imidazole rings is 1. The zero-order chi connectivity index (χ0) is 15.9. The third kappa shape index (κ3) is 1.51. The lowest BCUT2D eigenvalue weighted by Gasteiger charge is -2.15. The minimum Gasteiger partial charge on any atom is -0.295 e. The highest BCUT2D eigenvalue weighted by Crippen LogP contribution is 2.45. The molecule has 0 spiro atoms. The maximum atomic E-state index is 4.92. The van der Waals surface area contributed by atoms with Crippen LogP contribution >= 0.6 is 0 Å². The standard InChI is InChI=1S/C21H20N2/c1-11-5-7-15-9-16-10-18-22-17-8-6-12(2)14(4)20(17)23(18)21(16)19(15)13(11)3/h5-8H,9-10H2,1-4H3. The van der Waals surface area contributed by atoms with Gasteiger partial charge in [-0.25, -0.2) is 4.98 Å². The summed E-state index contributed by atoms with van der Waals surface area (Å²) in [5, 5.41) is 0. The molecule has 0 radical (unpaired) electrons. The Hall–Kier alpha value is -2.35. The SMILES string of the molecule is Cc1ccc2c(c1C)C1=C(C2)Cc2nc3ccc(C)c(C)c3n21. The molecule has 0 bridgehead atoms. The first kappa shape index (κ1) is 13.1. The quantitative estimate of drug-likeness (QED) is 0.591. The molecule has 0 N–H and O–H groups in total. The minimum absolute atomic E-state index is 0.996. The van der Waals surface area contributed by atoms with Gasteiger partial charge in [0.15, 0.2) is 0 Å². The monoisotopic (exact) mass is 300 g/mol. The van der Waals surface area contributed by atoms with E-state index >= 15 is 0 Å². The maximum absolute atomic E-state index is 4.92. The number of allylic oxidation sites excluding steroid dienone is 1. The number of hydrogen-bond acceptors (Lipinski definition) is 1. The van der Waals surface area contributed by atoms with Crippen LogP contribution in [0.1, 0.15) is 39.2 Å². The van der Waals surface area contributed by atoms with E-state index in [0.29, 0.717) is 0 Å². The second kappa shape index (κ2) is 4.14. The van der Waals surface area contributed by atoms with Gasteiger partial charge in [-0.2, -0.15) is 0 Å². The Kier molecular flexibility index (Phi) is 2.36. The number of hydrogen-bond donors (Lipinski definition) is 0. The molecule has 0 fully saturated rings. The van der Waals surface area contributed by atoms with Crippen LogP contribution in [0.3, 0.4) is 0 Å². The van der Waals surface area contributed by atoms with Gasteiger partial charge in [0.25, 0.3) is 0 Å². The van der Waals surface area contributed by atoms with Crippen molar-refractivity contribution in [3.05, 3.63) is 69.0 Å². The molecule has 2 aliphatic rings. The predicted molar refractivity (Wildman–Crippen MR) is 94.8 cm³/mol. The van der Waals surface area contributed by atoms with Gasteiger partial charge in [-0.05, 0) is 73.6 Å². The zero-order valence-electron chi connectivity index (χ0n) is 14.1. The summed E-state index contributed by atoms with van der Waals surface area (Å²) < 4.78 is 2.45. The van der Waals surface area contributed by atoms with E-state index in [1.165, 1.54) is 50.4 Å². The molecule has 0 atom stereocenters. The van der Waals surface area contributed by atoms with Crippen molar-refractivity contribution in [1.82, 2.24) is 9.55 Å². The van der Waals surface area contributed by atoms with Crippen molar-refractivity contribution in [3.63, 3.8) is 0 Å². The van der Waals surface area contributed by atoms with Crippen LogP contribution in [0.2, 0.25) is 0 Å². The highest BCUT2D eigenvalue weighted by molar-refractivity contribution is 5.92. The van der Waals surface area contributed by atoms with Crippen molar-refractivity contribution < 1.29 is 0 Å². The van der Waals surface area contributed by atoms with Crippen molar-refractivity contribution >= 4 is 16.7 Å². The lowest BCUT2D eigenvalue weighted by Crippen LogP contribution is -2.02. The largest absolute Gasteiger partial charge is 0.295 e. The van der Waals surface area contributed by atoms with Crippen molar-refractivity contribution in [2.45, 2.75) is 40.5 Å². The summed E-state index contributed by atoms with van der Waals surface area (Å²) in [5.74, 6) is 1.21. The summed E-state index contributed by atoms with van der Waals surface area (Å²) in [7, 11) is 0. The van der Waals surface area contributed by atoms with Gasteiger partial charge in [0, 0.05) is 12.0 Å². The van der Waals surface area contributed by atoms with Gasteiger partial charge in [-0.1, -0.05) is 18.2 Å². The molecule has 2 aromatic carbocycles. The van der Waals surface area contributed by atoms with E-state index in [1.54, 1.807) is 5.57 Å². The first-order valence-corrected chi connectivity index (χ1v) is 8.35. The van der Waals surface area contributed by atoms with Crippen LogP contribution in [0.25, 0.3) is 16.7 Å². The molecule has 0 saturated carbocycles. The minimum atomic E-state index is 0.996. The van der Waals surface area contributed by atoms with Gasteiger partial charge in [0.05, 0.1) is 16.7 Å². The summed E-state index contributed by atoms with van der Waals surface area (Å²) in [6.45, 7) is 8.89. The molecule has 1 aliphatic carbocycles. The highest BCUT2D eigenvalue weighted by atomic mass is 15.1. The molecule has 0 amide bonds. The van der Waals surface area contributed by atoms with E-state index in [9.17, 15) is 0 Å². The summed E-state index contributed by atoms with van der Waals surface area (Å²) in [6, 6.07) is 8.93. The third-order valence-electron chi connectivity index (χ3n) is 5.80. The molecule has 3 aromatic rings. The molecule has 0 saturated heterocycles. The lowest BCUT2D eigenvalue weighted by molar-refractivity contribution is 0.972. The van der Waals surface area contributed by atoms with Gasteiger partial charge in [-0.15, -0.1) is 0 Å². The van der Waals surface area contributed by atoms with Crippen molar-refractivity contribution in [3.8, 4) is 0 Å². The van der Waals surface area contributed by atoms with Crippen LogP contribution < -0.4 is 0 Å². The molecule has 2 heteroatoms. The molecular weight excluding hydrogens is 280 g/mol. The molecule has 114 valence electrons. The Bertz CT molecular complexity index is 1050. The third-order valence-corrected chi connectivity index (χ3v) is 5.80. The fourth-order valence-electron chi connectivity index (χ4n) is 4.28. The number of fused-ring (bicyclic) bond motifs is 6. The molecule has 1 aromatic heterocycles. The second-order valence-corrected chi connectivity index (χ2v) is 7.09. The van der Waals surface area contributed by atoms with Gasteiger partial charge >= 0.3 is 0 Å². The predicted octanol–water partition coefficient (Wildman–Crippen LogP) is 4.64. The fraction of sp³-hybridized carbons (Fsp3) is 0.286. The van der Waals surface area contributed by atoms with E-state index in [-0.39, 0.29) is 0 Å². The average Bonchev–Trinajstić information content (AvgIpc) is 3.14. The summed E-state index contributed by atoms with van der Waals surface area (Å²) >= 11 is 0. The van der Waals surface area contributed by atoms with Gasteiger partial charge in [0.2, 0.25) is 0 Å². The van der Waals surface area contributed by atoms with Crippen LogP contribution in [-0.4, -0.2) is 9.55 Å². The lowest BCUT2D eigenvalue weighted by atomic mass is 9.98. The molecule has 2 heterocycles. The van der Waals surface area contributed by atoms with Crippen LogP contribution in [0.5, 0.6) is 0 Å². The van der Waals surface area contributed by atoms with Gasteiger partial charge < -0.3 is 0 Å². The summed E-state index contributed by atoms with van der Waals surface area (Å²) in [5.41, 5.74) is 13.8. The first-order chi connectivity index (χ1) is 11.1. The molecule has 1 aliphatic heterocycles. The van der Waals surface area contributed by atoms with Crippen molar-refractivity contribution in [2.75, 3.05) is 0 Å². The van der Waals surface area contributed by atoms with E-state index in [4.69, 9.17) is 4.98 Å². The first-order valence-electron chi connectivity index (χ1n) is 8.35. The van der Waals surface area contributed by atoms with Gasteiger partial charge in [-0.3, -0.25) is 4.57 Å². The Labute approximate surface area is 136 Å². The van der Waals surface area contributed by atoms with E-state index in [0.717, 1.165) is 18.4 Å². The Morgan fingerprint density at radius 3 is 2.43 bits per heavy atom. The number of aryl methyl sites for hydroxylation is 3. The topological polar surface area (TPSA) is 17.8 Å². The Balaban J connectivity index is 1.88. The van der Waals surface area contributed by atoms with E-state index in [2.05, 4.69) is 56.5 Å². The number of benzene rings is 2. The molecule has 2 nitrogen and oxygen atoms in total. The van der Waals surface area contributed by atoms with Crippen molar-refractivity contribution in [1.29, 1.82) is 0 Å². The zero-order valence-corrected chi connectivity index (χ0v) is 14.1. The van der Waals surface area contributed by atoms with Crippen LogP contribution in [-0.2, 0) is 12.8 Å². The molecule has 0 unspecified atom stereocenters. The number of nitrogens with zero attached hydrogens (tertiary/aromatic N) is 2.